The van der Waals surface area contributed by atoms with E-state index in [2.05, 4.69) is 15.3 Å². The minimum absolute atomic E-state index is 0.230. The average molecular weight is 457 g/mol. The summed E-state index contributed by atoms with van der Waals surface area (Å²) in [5.74, 6) is -0.230. The minimum atomic E-state index is -3.49. The van der Waals surface area contributed by atoms with Gasteiger partial charge < -0.3 is 5.32 Å². The molecule has 2 aromatic heterocycles. The Kier molecular flexibility index (Phi) is 6.74. The first-order chi connectivity index (χ1) is 15.0. The molecule has 0 spiro atoms. The van der Waals surface area contributed by atoms with Gasteiger partial charge in [-0.3, -0.25) is 9.78 Å². The van der Waals surface area contributed by atoms with E-state index in [4.69, 9.17) is 0 Å². The lowest BCUT2D eigenvalue weighted by molar-refractivity contribution is 0.0954. The number of rotatable bonds is 7. The highest BCUT2D eigenvalue weighted by molar-refractivity contribution is 7.89. The van der Waals surface area contributed by atoms with Crippen molar-refractivity contribution in [1.29, 1.82) is 0 Å². The summed E-state index contributed by atoms with van der Waals surface area (Å²) in [6.45, 7) is 1.57. The molecule has 1 fully saturated rings. The highest BCUT2D eigenvalue weighted by Crippen LogP contribution is 2.23. The summed E-state index contributed by atoms with van der Waals surface area (Å²) in [7, 11) is -3.49. The summed E-state index contributed by atoms with van der Waals surface area (Å²) in [5, 5.41) is 5.79. The molecule has 4 rings (SSSR count). The SMILES string of the molecule is O=C(NCCc1csc(-c2ccncc2)n1)c1ccc(S(=O)(=O)N2CCCCC2)cc1. The lowest BCUT2D eigenvalue weighted by atomic mass is 10.2. The van der Waals surface area contributed by atoms with Gasteiger partial charge in [0.15, 0.2) is 0 Å². The van der Waals surface area contributed by atoms with Crippen LogP contribution in [0.15, 0.2) is 59.1 Å². The van der Waals surface area contributed by atoms with Crippen molar-refractivity contribution in [2.75, 3.05) is 19.6 Å². The number of piperidine rings is 1. The van der Waals surface area contributed by atoms with Crippen molar-refractivity contribution >= 4 is 27.3 Å². The monoisotopic (exact) mass is 456 g/mol. The summed E-state index contributed by atoms with van der Waals surface area (Å²) in [6, 6.07) is 9.99. The molecule has 0 saturated carbocycles. The molecule has 0 unspecified atom stereocenters. The second-order valence-corrected chi connectivity index (χ2v) is 10.2. The highest BCUT2D eigenvalue weighted by atomic mass is 32.2. The third-order valence-corrected chi connectivity index (χ3v) is 8.07. The van der Waals surface area contributed by atoms with Crippen molar-refractivity contribution in [2.45, 2.75) is 30.6 Å². The lowest BCUT2D eigenvalue weighted by Gasteiger charge is -2.25. The fourth-order valence-corrected chi connectivity index (χ4v) is 5.87. The van der Waals surface area contributed by atoms with E-state index in [9.17, 15) is 13.2 Å². The molecular formula is C22H24N4O3S2. The molecule has 31 heavy (non-hydrogen) atoms. The first-order valence-corrected chi connectivity index (χ1v) is 12.6. The van der Waals surface area contributed by atoms with Gasteiger partial charge in [-0.05, 0) is 49.2 Å². The van der Waals surface area contributed by atoms with Gasteiger partial charge in [0.25, 0.3) is 5.91 Å². The predicted molar refractivity (Wildman–Crippen MR) is 120 cm³/mol. The van der Waals surface area contributed by atoms with Gasteiger partial charge in [0.05, 0.1) is 10.6 Å². The number of amides is 1. The molecule has 1 amide bonds. The van der Waals surface area contributed by atoms with E-state index >= 15 is 0 Å². The van der Waals surface area contributed by atoms with Crippen LogP contribution in [-0.4, -0.2) is 48.2 Å². The van der Waals surface area contributed by atoms with Crippen LogP contribution >= 0.6 is 11.3 Å². The molecular weight excluding hydrogens is 432 g/mol. The van der Waals surface area contributed by atoms with Crippen LogP contribution in [0, 0.1) is 0 Å². The zero-order valence-corrected chi connectivity index (χ0v) is 18.7. The lowest BCUT2D eigenvalue weighted by Crippen LogP contribution is -2.35. The smallest absolute Gasteiger partial charge is 0.251 e. The number of benzene rings is 1. The van der Waals surface area contributed by atoms with E-state index in [0.717, 1.165) is 35.5 Å². The molecule has 3 heterocycles. The minimum Gasteiger partial charge on any atom is -0.352 e. The number of carbonyl (C=O) groups excluding carboxylic acids is 1. The van der Waals surface area contributed by atoms with Crippen molar-refractivity contribution in [3.63, 3.8) is 0 Å². The standard InChI is InChI=1S/C22H24N4O3S2/c27-21(24-13-10-19-16-30-22(25-19)18-8-11-23-12-9-18)17-4-6-20(7-5-17)31(28,29)26-14-2-1-3-15-26/h4-9,11-12,16H,1-3,10,13-15H2,(H,24,27). The molecule has 7 nitrogen and oxygen atoms in total. The summed E-state index contributed by atoms with van der Waals surface area (Å²) < 4.78 is 27.0. The Hall–Kier alpha value is -2.62. The van der Waals surface area contributed by atoms with Gasteiger partial charge in [-0.1, -0.05) is 6.42 Å². The quantitative estimate of drug-likeness (QED) is 0.589. The van der Waals surface area contributed by atoms with Crippen LogP contribution in [-0.2, 0) is 16.4 Å². The van der Waals surface area contributed by atoms with Crippen molar-refractivity contribution < 1.29 is 13.2 Å². The Labute approximate surface area is 186 Å². The van der Waals surface area contributed by atoms with Crippen LogP contribution in [0.1, 0.15) is 35.3 Å². The van der Waals surface area contributed by atoms with Gasteiger partial charge in [-0.2, -0.15) is 4.31 Å². The van der Waals surface area contributed by atoms with Crippen LogP contribution in [0.5, 0.6) is 0 Å². The van der Waals surface area contributed by atoms with Crippen LogP contribution in [0.2, 0.25) is 0 Å². The van der Waals surface area contributed by atoms with Crippen molar-refractivity contribution in [3.8, 4) is 10.6 Å². The molecule has 9 heteroatoms. The maximum atomic E-state index is 12.7. The van der Waals surface area contributed by atoms with Gasteiger partial charge in [0.2, 0.25) is 10.0 Å². The summed E-state index contributed by atoms with van der Waals surface area (Å²) in [5.41, 5.74) is 2.38. The Morgan fingerprint density at radius 2 is 1.74 bits per heavy atom. The molecule has 1 aromatic carbocycles. The maximum Gasteiger partial charge on any atom is 0.251 e. The van der Waals surface area contributed by atoms with Gasteiger partial charge in [-0.25, -0.2) is 13.4 Å². The number of aromatic nitrogens is 2. The molecule has 0 bridgehead atoms. The first kappa shape index (κ1) is 21.6. The Morgan fingerprint density at radius 3 is 2.45 bits per heavy atom. The van der Waals surface area contributed by atoms with E-state index in [1.54, 1.807) is 35.9 Å². The molecule has 1 aliphatic heterocycles. The first-order valence-electron chi connectivity index (χ1n) is 10.3. The predicted octanol–water partition coefficient (Wildman–Crippen LogP) is 3.35. The van der Waals surface area contributed by atoms with Crippen LogP contribution in [0.3, 0.4) is 0 Å². The molecule has 0 atom stereocenters. The molecule has 162 valence electrons. The van der Waals surface area contributed by atoms with Crippen LogP contribution in [0.25, 0.3) is 10.6 Å². The van der Waals surface area contributed by atoms with E-state index < -0.39 is 10.0 Å². The number of nitrogens with one attached hydrogen (secondary N) is 1. The number of thiazole rings is 1. The van der Waals surface area contributed by atoms with E-state index in [0.29, 0.717) is 31.6 Å². The number of carbonyl (C=O) groups is 1. The van der Waals surface area contributed by atoms with Gasteiger partial charge >= 0.3 is 0 Å². The Morgan fingerprint density at radius 1 is 1.03 bits per heavy atom. The average Bonchev–Trinajstić information content (AvgIpc) is 3.29. The fraction of sp³-hybridized carbons (Fsp3) is 0.318. The fourth-order valence-electron chi connectivity index (χ4n) is 3.49. The number of sulfonamides is 1. The van der Waals surface area contributed by atoms with Gasteiger partial charge in [0, 0.05) is 55.0 Å². The largest absolute Gasteiger partial charge is 0.352 e. The summed E-state index contributed by atoms with van der Waals surface area (Å²) in [4.78, 5) is 21.3. The van der Waals surface area contributed by atoms with Gasteiger partial charge in [0.1, 0.15) is 5.01 Å². The number of hydrogen-bond donors (Lipinski definition) is 1. The van der Waals surface area contributed by atoms with Crippen molar-refractivity contribution in [3.05, 3.63) is 65.4 Å². The maximum absolute atomic E-state index is 12.7. The number of nitrogens with zero attached hydrogens (tertiary/aromatic N) is 3. The summed E-state index contributed by atoms with van der Waals surface area (Å²) in [6.07, 6.45) is 6.94. The summed E-state index contributed by atoms with van der Waals surface area (Å²) >= 11 is 1.56. The van der Waals surface area contributed by atoms with E-state index in [1.165, 1.54) is 16.4 Å². The topological polar surface area (TPSA) is 92.3 Å². The second-order valence-electron chi connectivity index (χ2n) is 7.37. The normalized spacial score (nSPS) is 15.0. The second kappa shape index (κ2) is 9.67. The molecule has 0 aliphatic carbocycles. The zero-order valence-electron chi connectivity index (χ0n) is 17.0. The van der Waals surface area contributed by atoms with Crippen LogP contribution in [0.4, 0.5) is 0 Å². The van der Waals surface area contributed by atoms with Crippen molar-refractivity contribution in [2.24, 2.45) is 0 Å². The van der Waals surface area contributed by atoms with Crippen LogP contribution < -0.4 is 5.32 Å². The third kappa shape index (κ3) is 5.17. The van der Waals surface area contributed by atoms with E-state index in [-0.39, 0.29) is 10.8 Å². The highest BCUT2D eigenvalue weighted by Gasteiger charge is 2.25. The molecule has 1 aliphatic rings. The van der Waals surface area contributed by atoms with Crippen molar-refractivity contribution in [1.82, 2.24) is 19.6 Å². The Balaban J connectivity index is 1.31. The number of pyridine rings is 1. The molecule has 3 aromatic rings. The van der Waals surface area contributed by atoms with E-state index in [1.807, 2.05) is 17.5 Å². The van der Waals surface area contributed by atoms with Gasteiger partial charge in [-0.15, -0.1) is 11.3 Å². The molecule has 1 saturated heterocycles. The zero-order chi connectivity index (χ0) is 21.7. The third-order valence-electron chi connectivity index (χ3n) is 5.22. The number of hydrogen-bond acceptors (Lipinski definition) is 6. The molecule has 0 radical (unpaired) electrons. The Bertz CT molecular complexity index is 1120. The molecule has 1 N–H and O–H groups in total.